The van der Waals surface area contributed by atoms with Gasteiger partial charge in [-0.05, 0) is 0 Å². The molecule has 0 aliphatic rings. The maximum atomic E-state index is 9.26. The number of hydrogen-bond donors (Lipinski definition) is 1. The zero-order chi connectivity index (χ0) is 5.86. The normalized spacial score (nSPS) is 11.1. The molecule has 0 aromatic carbocycles. The van der Waals surface area contributed by atoms with Crippen LogP contribution < -0.4 is 29.6 Å². The summed E-state index contributed by atoms with van der Waals surface area (Å²) in [5.74, 6) is 0. The van der Waals surface area contributed by atoms with Crippen molar-refractivity contribution in [1.29, 1.82) is 0 Å². The van der Waals surface area contributed by atoms with Gasteiger partial charge in [0.15, 0.2) is 0 Å². The third kappa shape index (κ3) is 9.58. The largest absolute Gasteiger partial charge is 1.00 e. The molecule has 0 rings (SSSR count). The molecule has 8 heteroatoms. The Morgan fingerprint density at radius 2 is 2.25 bits per heavy atom. The third-order valence-corrected chi connectivity index (χ3v) is 0.374. The molecule has 0 heterocycles. The Morgan fingerprint density at radius 3 is 2.25 bits per heavy atom. The van der Waals surface area contributed by atoms with Crippen molar-refractivity contribution in [3.63, 3.8) is 0 Å². The molecule has 0 radical (unpaired) electrons. The van der Waals surface area contributed by atoms with Gasteiger partial charge in [-0.3, -0.25) is 4.55 Å². The number of nitrogens with zero attached hydrogens (tertiary/aromatic N) is 1. The molecular formula is H2NNaO5S. The quantitative estimate of drug-likeness (QED) is 0.191. The van der Waals surface area contributed by atoms with Gasteiger partial charge in [0.05, 0.1) is 0 Å². The van der Waals surface area contributed by atoms with Crippen LogP contribution in [0.1, 0.15) is 1.43 Å². The summed E-state index contributed by atoms with van der Waals surface area (Å²) in [5, 5.41) is 7.69. The maximum Gasteiger partial charge on any atom is 1.00 e. The van der Waals surface area contributed by atoms with E-state index in [9.17, 15) is 4.21 Å². The van der Waals surface area contributed by atoms with Crippen molar-refractivity contribution in [2.24, 2.45) is 0 Å². The smallest absolute Gasteiger partial charge is 1.00 e. The standard InChI is InChI=1S/HNO5S.Na.H/c2-1(3)6-7(4)5;;/h(H,4,5);;/q;+1;-1. The van der Waals surface area contributed by atoms with E-state index in [1.165, 1.54) is 0 Å². The van der Waals surface area contributed by atoms with Crippen molar-refractivity contribution in [3.05, 3.63) is 10.1 Å². The van der Waals surface area contributed by atoms with Gasteiger partial charge in [-0.25, -0.2) is 0 Å². The molecule has 1 N–H and O–H groups in total. The van der Waals surface area contributed by atoms with Crippen molar-refractivity contribution in [2.75, 3.05) is 0 Å². The minimum absolute atomic E-state index is 0. The summed E-state index contributed by atoms with van der Waals surface area (Å²) >= 11 is -2.79. The van der Waals surface area contributed by atoms with Gasteiger partial charge < -0.3 is 1.43 Å². The molecular weight excluding hydrogens is 149 g/mol. The molecule has 0 saturated heterocycles. The molecule has 8 heavy (non-hydrogen) atoms. The average molecular weight is 151 g/mol. The van der Waals surface area contributed by atoms with E-state index in [4.69, 9.17) is 14.7 Å². The van der Waals surface area contributed by atoms with Gasteiger partial charge in [0.25, 0.3) is 0 Å². The second kappa shape index (κ2) is 5.45. The van der Waals surface area contributed by atoms with Gasteiger partial charge in [-0.1, -0.05) is 0 Å². The predicted octanol–water partition coefficient (Wildman–Crippen LogP) is -3.55. The van der Waals surface area contributed by atoms with Gasteiger partial charge in [-0.2, -0.15) is 8.49 Å². The van der Waals surface area contributed by atoms with Crippen molar-refractivity contribution in [3.8, 4) is 0 Å². The Kier molecular flexibility index (Phi) is 7.59. The first-order chi connectivity index (χ1) is 3.13. The van der Waals surface area contributed by atoms with Crippen LogP contribution in [0.15, 0.2) is 0 Å². The first kappa shape index (κ1) is 11.2. The van der Waals surface area contributed by atoms with Gasteiger partial charge in [0.1, 0.15) is 0 Å². The minimum atomic E-state index is -2.79. The van der Waals surface area contributed by atoms with Crippen LogP contribution in [0.25, 0.3) is 0 Å². The Labute approximate surface area is 70.6 Å². The Hall–Kier alpha value is 0.310. The van der Waals surface area contributed by atoms with Crippen LogP contribution in [0.2, 0.25) is 0 Å². The van der Waals surface area contributed by atoms with Crippen molar-refractivity contribution in [1.82, 2.24) is 0 Å². The summed E-state index contributed by atoms with van der Waals surface area (Å²) in [5.41, 5.74) is 0. The molecule has 6 nitrogen and oxygen atoms in total. The second-order valence-electron chi connectivity index (χ2n) is 0.515. The molecule has 0 aromatic rings. The van der Waals surface area contributed by atoms with Gasteiger partial charge in [-0.15, -0.1) is 10.1 Å². The number of rotatable bonds is 2. The Bertz CT molecular complexity index is 93.1. The molecule has 1 atom stereocenters. The summed E-state index contributed by atoms with van der Waals surface area (Å²) in [6.07, 6.45) is 0. The van der Waals surface area contributed by atoms with E-state index in [2.05, 4.69) is 4.28 Å². The van der Waals surface area contributed by atoms with E-state index in [0.717, 1.165) is 0 Å². The van der Waals surface area contributed by atoms with Gasteiger partial charge in [0.2, 0.25) is 0 Å². The zero-order valence-electron chi connectivity index (χ0n) is 4.94. The van der Waals surface area contributed by atoms with Crippen LogP contribution in [-0.4, -0.2) is 13.8 Å². The van der Waals surface area contributed by atoms with E-state index in [0.29, 0.717) is 0 Å². The van der Waals surface area contributed by atoms with E-state index < -0.39 is 16.4 Å². The van der Waals surface area contributed by atoms with E-state index >= 15 is 0 Å². The van der Waals surface area contributed by atoms with Crippen molar-refractivity contribution in [2.45, 2.75) is 0 Å². The van der Waals surface area contributed by atoms with Crippen molar-refractivity contribution < 1.29 is 49.1 Å². The molecule has 44 valence electrons. The van der Waals surface area contributed by atoms with Gasteiger partial charge in [0, 0.05) is 0 Å². The maximum absolute atomic E-state index is 9.26. The summed E-state index contributed by atoms with van der Waals surface area (Å²) in [4.78, 5) is 9.04. The second-order valence-corrected chi connectivity index (χ2v) is 1.10. The monoisotopic (exact) mass is 151 g/mol. The van der Waals surface area contributed by atoms with Crippen LogP contribution in [0, 0.1) is 10.1 Å². The number of hydrogen-bond acceptors (Lipinski definition) is 4. The van der Waals surface area contributed by atoms with Crippen LogP contribution >= 0.6 is 0 Å². The van der Waals surface area contributed by atoms with E-state index in [-0.39, 0.29) is 31.0 Å². The Morgan fingerprint density at radius 1 is 1.88 bits per heavy atom. The molecule has 0 spiro atoms. The minimum Gasteiger partial charge on any atom is -1.00 e. The van der Waals surface area contributed by atoms with E-state index in [1.54, 1.807) is 0 Å². The van der Waals surface area contributed by atoms with Gasteiger partial charge >= 0.3 is 46.0 Å². The summed E-state index contributed by atoms with van der Waals surface area (Å²) in [6, 6.07) is 0. The fourth-order valence-corrected chi connectivity index (χ4v) is 0.156. The van der Waals surface area contributed by atoms with Crippen LogP contribution in [0.3, 0.4) is 0 Å². The van der Waals surface area contributed by atoms with Crippen molar-refractivity contribution >= 4 is 11.4 Å². The molecule has 0 saturated carbocycles. The molecule has 0 bridgehead atoms. The fourth-order valence-electron chi connectivity index (χ4n) is 0.0521. The first-order valence-electron chi connectivity index (χ1n) is 1.06. The first-order valence-corrected chi connectivity index (χ1v) is 2.10. The summed E-state index contributed by atoms with van der Waals surface area (Å²) in [6.45, 7) is 0. The molecule has 0 fully saturated rings. The third-order valence-electron chi connectivity index (χ3n) is 0.125. The summed E-state index contributed by atoms with van der Waals surface area (Å²) < 4.78 is 19.8. The topological polar surface area (TPSA) is 89.7 Å². The van der Waals surface area contributed by atoms with Crippen LogP contribution in [0.5, 0.6) is 0 Å². The SMILES string of the molecule is O=[N+]([O-])OS(=O)O.[H-].[Na+]. The van der Waals surface area contributed by atoms with Crippen LogP contribution in [-0.2, 0) is 15.6 Å². The zero-order valence-corrected chi connectivity index (χ0v) is 6.75. The molecule has 0 aliphatic carbocycles. The predicted molar refractivity (Wildman–Crippen MR) is 20.0 cm³/mol. The average Bonchev–Trinajstić information content (AvgIpc) is 1.27. The summed E-state index contributed by atoms with van der Waals surface area (Å²) in [7, 11) is 0. The fraction of sp³-hybridized carbons (Fsp3) is 0. The molecule has 0 aromatic heterocycles. The molecule has 0 amide bonds. The van der Waals surface area contributed by atoms with Crippen LogP contribution in [0.4, 0.5) is 0 Å². The molecule has 1 unspecified atom stereocenters. The Balaban J connectivity index is -0.000000180. The van der Waals surface area contributed by atoms with E-state index in [1.807, 2.05) is 0 Å². The molecule has 0 aliphatic heterocycles.